The van der Waals surface area contributed by atoms with Crippen molar-refractivity contribution in [3.8, 4) is 5.75 Å². The monoisotopic (exact) mass is 495 g/mol. The van der Waals surface area contributed by atoms with Crippen LogP contribution in [0.15, 0.2) is 54.6 Å². The molecular weight excluding hydrogens is 458 g/mol. The molecule has 3 atom stereocenters. The zero-order valence-electron chi connectivity index (χ0n) is 21.1. The van der Waals surface area contributed by atoms with Crippen LogP contribution in [-0.4, -0.2) is 65.6 Å². The number of aliphatic carboxylic acids is 1. The number of nitrogens with zero attached hydrogens (tertiary/aromatic N) is 1. The van der Waals surface area contributed by atoms with E-state index in [1.54, 1.807) is 6.07 Å². The molecule has 1 saturated heterocycles. The third-order valence-electron chi connectivity index (χ3n) is 7.41. The molecule has 0 radical (unpaired) electrons. The Kier molecular flexibility index (Phi) is 9.47. The molecule has 0 bridgehead atoms. The highest BCUT2D eigenvalue weighted by atomic mass is 16.4. The summed E-state index contributed by atoms with van der Waals surface area (Å²) in [5.74, 6) is -1.59. The number of aromatic hydroxyl groups is 1. The van der Waals surface area contributed by atoms with Crippen molar-refractivity contribution in [1.29, 1.82) is 0 Å². The maximum atomic E-state index is 13.1. The Morgan fingerprint density at radius 2 is 1.83 bits per heavy atom. The fraction of sp³-hybridized carbons (Fsp3) is 0.464. The second-order valence-corrected chi connectivity index (χ2v) is 9.99. The van der Waals surface area contributed by atoms with Gasteiger partial charge in [-0.2, -0.15) is 0 Å². The van der Waals surface area contributed by atoms with E-state index in [9.17, 15) is 19.5 Å². The molecule has 2 aromatic rings. The summed E-state index contributed by atoms with van der Waals surface area (Å²) < 4.78 is 0. The number of nitrogens with one attached hydrogen (secondary N) is 2. The number of amides is 2. The summed E-state index contributed by atoms with van der Waals surface area (Å²) in [6, 6.07) is 17.5. The molecule has 1 heterocycles. The molecule has 3 rings (SSSR count). The van der Waals surface area contributed by atoms with Gasteiger partial charge in [-0.05, 0) is 60.4 Å². The minimum atomic E-state index is -1.13. The number of piperidine rings is 1. The smallest absolute Gasteiger partial charge is 0.322 e. The van der Waals surface area contributed by atoms with E-state index in [0.29, 0.717) is 18.9 Å². The summed E-state index contributed by atoms with van der Waals surface area (Å²) >= 11 is 0. The minimum absolute atomic E-state index is 0.0702. The lowest BCUT2D eigenvalue weighted by atomic mass is 9.68. The first-order chi connectivity index (χ1) is 17.2. The van der Waals surface area contributed by atoms with Crippen molar-refractivity contribution in [2.75, 3.05) is 32.7 Å². The van der Waals surface area contributed by atoms with Gasteiger partial charge in [0.1, 0.15) is 12.3 Å². The Morgan fingerprint density at radius 1 is 1.08 bits per heavy atom. The van der Waals surface area contributed by atoms with Crippen molar-refractivity contribution in [2.45, 2.75) is 38.5 Å². The molecular formula is C28H37N3O5. The molecule has 1 aliphatic heterocycles. The maximum Gasteiger partial charge on any atom is 0.322 e. The van der Waals surface area contributed by atoms with E-state index in [1.165, 1.54) is 0 Å². The lowest BCUT2D eigenvalue weighted by Gasteiger charge is -2.45. The van der Waals surface area contributed by atoms with Gasteiger partial charge < -0.3 is 25.7 Å². The number of carboxylic acid groups (broad SMARTS) is 1. The SMILES string of the molecule is CC1CN(CC(CCc2ccccc2)C(=O)NCC(=O)NCC(=O)O)CCC1(C)c1cccc(O)c1. The van der Waals surface area contributed by atoms with Crippen LogP contribution in [0.5, 0.6) is 5.75 Å². The zero-order valence-corrected chi connectivity index (χ0v) is 21.1. The highest BCUT2D eigenvalue weighted by molar-refractivity contribution is 5.87. The average Bonchev–Trinajstić information content (AvgIpc) is 2.86. The summed E-state index contributed by atoms with van der Waals surface area (Å²) in [6.07, 6.45) is 2.29. The molecule has 8 heteroatoms. The summed E-state index contributed by atoms with van der Waals surface area (Å²) in [6.45, 7) is 5.94. The number of carbonyl (C=O) groups is 3. The van der Waals surface area contributed by atoms with E-state index in [1.807, 2.05) is 42.5 Å². The van der Waals surface area contributed by atoms with Crippen molar-refractivity contribution >= 4 is 17.8 Å². The number of carboxylic acids is 1. The van der Waals surface area contributed by atoms with E-state index < -0.39 is 18.4 Å². The van der Waals surface area contributed by atoms with Crippen LogP contribution in [0.4, 0.5) is 0 Å². The largest absolute Gasteiger partial charge is 0.508 e. The number of hydrogen-bond acceptors (Lipinski definition) is 5. The topological polar surface area (TPSA) is 119 Å². The number of phenolic OH excluding ortho intramolecular Hbond substituents is 1. The number of phenols is 1. The fourth-order valence-electron chi connectivity index (χ4n) is 4.92. The van der Waals surface area contributed by atoms with Gasteiger partial charge in [-0.15, -0.1) is 0 Å². The number of hydrogen-bond donors (Lipinski definition) is 4. The van der Waals surface area contributed by atoms with E-state index in [2.05, 4.69) is 35.4 Å². The molecule has 8 nitrogen and oxygen atoms in total. The van der Waals surface area contributed by atoms with E-state index >= 15 is 0 Å². The van der Waals surface area contributed by atoms with Crippen molar-refractivity contribution in [2.24, 2.45) is 11.8 Å². The van der Waals surface area contributed by atoms with Gasteiger partial charge >= 0.3 is 5.97 Å². The molecule has 4 N–H and O–H groups in total. The lowest BCUT2D eigenvalue weighted by Crippen LogP contribution is -2.50. The van der Waals surface area contributed by atoms with Gasteiger partial charge in [0, 0.05) is 13.1 Å². The predicted octanol–water partition coefficient (Wildman–Crippen LogP) is 2.56. The van der Waals surface area contributed by atoms with Crippen LogP contribution in [0.1, 0.15) is 37.8 Å². The van der Waals surface area contributed by atoms with Crippen LogP contribution >= 0.6 is 0 Å². The fourth-order valence-corrected chi connectivity index (χ4v) is 4.92. The molecule has 2 aromatic carbocycles. The van der Waals surface area contributed by atoms with Crippen molar-refractivity contribution in [3.63, 3.8) is 0 Å². The van der Waals surface area contributed by atoms with Crippen LogP contribution in [0, 0.1) is 11.8 Å². The van der Waals surface area contributed by atoms with Gasteiger partial charge in [0.05, 0.1) is 12.5 Å². The molecule has 1 fully saturated rings. The molecule has 0 aliphatic carbocycles. The zero-order chi connectivity index (χ0) is 26.1. The summed E-state index contributed by atoms with van der Waals surface area (Å²) in [5.41, 5.74) is 2.21. The Hall–Kier alpha value is -3.39. The van der Waals surface area contributed by atoms with Gasteiger partial charge in [-0.3, -0.25) is 14.4 Å². The van der Waals surface area contributed by atoms with Crippen LogP contribution in [0.2, 0.25) is 0 Å². The average molecular weight is 496 g/mol. The maximum absolute atomic E-state index is 13.1. The van der Waals surface area contributed by atoms with E-state index in [0.717, 1.165) is 37.1 Å². The second kappa shape index (κ2) is 12.5. The van der Waals surface area contributed by atoms with E-state index in [-0.39, 0.29) is 29.5 Å². The Bertz CT molecular complexity index is 1040. The van der Waals surface area contributed by atoms with Gasteiger partial charge in [-0.25, -0.2) is 0 Å². The third kappa shape index (κ3) is 7.55. The molecule has 0 aromatic heterocycles. The summed E-state index contributed by atoms with van der Waals surface area (Å²) in [4.78, 5) is 38.0. The van der Waals surface area contributed by atoms with Crippen LogP contribution in [-0.2, 0) is 26.2 Å². The molecule has 3 unspecified atom stereocenters. The normalized spacial score (nSPS) is 20.9. The third-order valence-corrected chi connectivity index (χ3v) is 7.41. The quantitative estimate of drug-likeness (QED) is 0.381. The molecule has 1 aliphatic rings. The summed E-state index contributed by atoms with van der Waals surface area (Å²) in [5, 5.41) is 23.6. The van der Waals surface area contributed by atoms with E-state index in [4.69, 9.17) is 5.11 Å². The number of carbonyl (C=O) groups excluding carboxylic acids is 2. The van der Waals surface area contributed by atoms with Crippen LogP contribution in [0.25, 0.3) is 0 Å². The first-order valence-electron chi connectivity index (χ1n) is 12.5. The lowest BCUT2D eigenvalue weighted by molar-refractivity contribution is -0.137. The highest BCUT2D eigenvalue weighted by Gasteiger charge is 2.39. The van der Waals surface area contributed by atoms with Gasteiger partial charge in [0.15, 0.2) is 0 Å². The van der Waals surface area contributed by atoms with Crippen LogP contribution in [0.3, 0.4) is 0 Å². The van der Waals surface area contributed by atoms with Crippen molar-refractivity contribution in [3.05, 3.63) is 65.7 Å². The highest BCUT2D eigenvalue weighted by Crippen LogP contribution is 2.40. The van der Waals surface area contributed by atoms with Crippen LogP contribution < -0.4 is 10.6 Å². The first kappa shape index (κ1) is 27.2. The number of rotatable bonds is 11. The number of aryl methyl sites for hydroxylation is 1. The van der Waals surface area contributed by atoms with Crippen molar-refractivity contribution < 1.29 is 24.6 Å². The Labute approximate surface area is 212 Å². The predicted molar refractivity (Wildman–Crippen MR) is 138 cm³/mol. The number of benzene rings is 2. The second-order valence-electron chi connectivity index (χ2n) is 9.99. The first-order valence-corrected chi connectivity index (χ1v) is 12.5. The van der Waals surface area contributed by atoms with Gasteiger partial charge in [0.2, 0.25) is 11.8 Å². The Balaban J connectivity index is 1.63. The number of likely N-dealkylation sites (tertiary alicyclic amines) is 1. The Morgan fingerprint density at radius 3 is 2.50 bits per heavy atom. The molecule has 0 saturated carbocycles. The molecule has 194 valence electrons. The molecule has 36 heavy (non-hydrogen) atoms. The molecule has 0 spiro atoms. The van der Waals surface area contributed by atoms with Crippen molar-refractivity contribution in [1.82, 2.24) is 15.5 Å². The minimum Gasteiger partial charge on any atom is -0.508 e. The van der Waals surface area contributed by atoms with Gasteiger partial charge in [0.25, 0.3) is 0 Å². The van der Waals surface area contributed by atoms with Gasteiger partial charge in [-0.1, -0.05) is 56.3 Å². The standard InChI is InChI=1S/C28H37N3O5/c1-20-18-31(14-13-28(20,2)23-9-6-10-24(32)15-23)19-22(12-11-21-7-4-3-5-8-21)27(36)30-16-25(33)29-17-26(34)35/h3-10,15,20,22,32H,11-14,16-19H2,1-2H3,(H,29,33)(H,30,36)(H,34,35). The summed E-state index contributed by atoms with van der Waals surface area (Å²) in [7, 11) is 0. The molecule has 2 amide bonds.